The minimum absolute atomic E-state index is 0.0365. The van der Waals surface area contributed by atoms with Crippen molar-refractivity contribution < 1.29 is 22.8 Å². The Kier molecular flexibility index (Phi) is 6.05. The summed E-state index contributed by atoms with van der Waals surface area (Å²) in [4.78, 5) is 33.0. The van der Waals surface area contributed by atoms with E-state index in [1.165, 1.54) is 16.7 Å². The molecule has 11 heteroatoms. The van der Waals surface area contributed by atoms with E-state index in [0.717, 1.165) is 12.3 Å². The van der Waals surface area contributed by atoms with Crippen LogP contribution in [0.3, 0.4) is 0 Å². The number of anilines is 1. The monoisotopic (exact) mass is 422 g/mol. The second-order valence-corrected chi connectivity index (χ2v) is 7.68. The Morgan fingerprint density at radius 3 is 2.67 bits per heavy atom. The van der Waals surface area contributed by atoms with Gasteiger partial charge in [-0.15, -0.1) is 11.8 Å². The van der Waals surface area contributed by atoms with Crippen molar-refractivity contribution in [1.82, 2.24) is 14.8 Å². The van der Waals surface area contributed by atoms with Crippen LogP contribution < -0.4 is 4.90 Å². The Morgan fingerprint density at radius 1 is 1.26 bits per heavy atom. The molecule has 0 atom stereocenters. The van der Waals surface area contributed by atoms with Crippen LogP contribution in [-0.4, -0.2) is 71.0 Å². The molecular weight excluding hydrogens is 405 g/mol. The summed E-state index contributed by atoms with van der Waals surface area (Å²) in [6.45, 7) is 1.91. The lowest BCUT2D eigenvalue weighted by Crippen LogP contribution is -2.42. The normalized spacial score (nSPS) is 18.8. The molecule has 27 heavy (non-hydrogen) atoms. The molecule has 0 radical (unpaired) electrons. The summed E-state index contributed by atoms with van der Waals surface area (Å²) in [5.41, 5.74) is -0.893. The number of amides is 2. The minimum Gasteiger partial charge on any atom is -0.354 e. The molecule has 3 heterocycles. The van der Waals surface area contributed by atoms with Crippen LogP contribution in [0.25, 0.3) is 0 Å². The number of carbonyl (C=O) groups excluding carboxylic acids is 2. The van der Waals surface area contributed by atoms with Gasteiger partial charge in [0.1, 0.15) is 12.4 Å². The highest BCUT2D eigenvalue weighted by atomic mass is 35.5. The maximum Gasteiger partial charge on any atom is 0.417 e. The van der Waals surface area contributed by atoms with Gasteiger partial charge in [-0.1, -0.05) is 11.6 Å². The standard InChI is InChI=1S/C16H18ClF3N4O2S/c17-12-6-11(16(18,19)20)7-21-15(12)23-3-1-2-22(4-5-23)13(25)8-24-10-27-9-14(24)26/h6-7H,1-5,8-10H2. The van der Waals surface area contributed by atoms with E-state index in [4.69, 9.17) is 11.6 Å². The molecule has 0 spiro atoms. The lowest BCUT2D eigenvalue weighted by Gasteiger charge is -2.25. The summed E-state index contributed by atoms with van der Waals surface area (Å²) < 4.78 is 38.3. The molecule has 0 N–H and O–H groups in total. The van der Waals surface area contributed by atoms with Gasteiger partial charge >= 0.3 is 6.18 Å². The van der Waals surface area contributed by atoms with Crippen molar-refractivity contribution in [2.75, 3.05) is 49.3 Å². The largest absolute Gasteiger partial charge is 0.417 e. The molecule has 2 fully saturated rings. The topological polar surface area (TPSA) is 56.8 Å². The summed E-state index contributed by atoms with van der Waals surface area (Å²) in [6, 6.07) is 0.869. The Bertz CT molecular complexity index is 734. The van der Waals surface area contributed by atoms with Crippen molar-refractivity contribution >= 4 is 41.0 Å². The van der Waals surface area contributed by atoms with Crippen LogP contribution in [0.4, 0.5) is 19.0 Å². The Hall–Kier alpha value is -1.68. The average Bonchev–Trinajstić information content (AvgIpc) is 2.85. The average molecular weight is 423 g/mol. The van der Waals surface area contributed by atoms with Gasteiger partial charge in [-0.2, -0.15) is 13.2 Å². The first-order chi connectivity index (χ1) is 12.8. The van der Waals surface area contributed by atoms with Crippen molar-refractivity contribution in [2.24, 2.45) is 0 Å². The molecule has 2 saturated heterocycles. The van der Waals surface area contributed by atoms with Crippen LogP contribution in [0.2, 0.25) is 5.02 Å². The number of rotatable bonds is 3. The highest BCUT2D eigenvalue weighted by Gasteiger charge is 2.32. The molecule has 0 aliphatic carbocycles. The lowest BCUT2D eigenvalue weighted by molar-refractivity contribution is -0.138. The number of nitrogens with zero attached hydrogens (tertiary/aromatic N) is 4. The maximum atomic E-state index is 12.8. The van der Waals surface area contributed by atoms with Crippen molar-refractivity contribution in [3.05, 3.63) is 22.8 Å². The second kappa shape index (κ2) is 8.14. The molecule has 0 saturated carbocycles. The highest BCUT2D eigenvalue weighted by molar-refractivity contribution is 8.00. The first-order valence-electron chi connectivity index (χ1n) is 8.36. The number of pyridine rings is 1. The van der Waals surface area contributed by atoms with Crippen LogP contribution in [0.1, 0.15) is 12.0 Å². The molecule has 6 nitrogen and oxygen atoms in total. The molecule has 1 aromatic rings. The van der Waals surface area contributed by atoms with Gasteiger partial charge in [0.15, 0.2) is 0 Å². The van der Waals surface area contributed by atoms with Crippen molar-refractivity contribution in [3.8, 4) is 0 Å². The zero-order chi connectivity index (χ0) is 19.6. The Balaban J connectivity index is 1.63. The third kappa shape index (κ3) is 4.78. The molecule has 0 aromatic carbocycles. The fraction of sp³-hybridized carbons (Fsp3) is 0.562. The molecular formula is C16H18ClF3N4O2S. The first kappa shape index (κ1) is 20.1. The third-order valence-electron chi connectivity index (χ3n) is 4.45. The van der Waals surface area contributed by atoms with Crippen LogP contribution in [0, 0.1) is 0 Å². The number of carbonyl (C=O) groups is 2. The van der Waals surface area contributed by atoms with Crippen LogP contribution in [0.5, 0.6) is 0 Å². The molecule has 2 aliphatic heterocycles. The zero-order valence-electron chi connectivity index (χ0n) is 14.3. The van der Waals surface area contributed by atoms with E-state index < -0.39 is 11.7 Å². The van der Waals surface area contributed by atoms with Crippen LogP contribution >= 0.6 is 23.4 Å². The predicted octanol–water partition coefficient (Wildman–Crippen LogP) is 2.33. The molecule has 148 valence electrons. The number of alkyl halides is 3. The molecule has 0 bridgehead atoms. The molecule has 2 amide bonds. The van der Waals surface area contributed by atoms with Crippen molar-refractivity contribution in [2.45, 2.75) is 12.6 Å². The summed E-state index contributed by atoms with van der Waals surface area (Å²) >= 11 is 7.50. The molecule has 3 rings (SSSR count). The number of hydrogen-bond donors (Lipinski definition) is 0. The number of halogens is 4. The summed E-state index contributed by atoms with van der Waals surface area (Å²) in [5.74, 6) is 1.05. The third-order valence-corrected chi connectivity index (χ3v) is 5.67. The summed E-state index contributed by atoms with van der Waals surface area (Å²) in [7, 11) is 0. The zero-order valence-corrected chi connectivity index (χ0v) is 15.9. The molecule has 2 aliphatic rings. The molecule has 0 unspecified atom stereocenters. The van der Waals surface area contributed by atoms with E-state index in [1.807, 2.05) is 0 Å². The smallest absolute Gasteiger partial charge is 0.354 e. The quantitative estimate of drug-likeness (QED) is 0.748. The number of aromatic nitrogens is 1. The van der Waals surface area contributed by atoms with Gasteiger partial charge in [-0.05, 0) is 12.5 Å². The first-order valence-corrected chi connectivity index (χ1v) is 9.90. The van der Waals surface area contributed by atoms with Crippen molar-refractivity contribution in [1.29, 1.82) is 0 Å². The van der Waals surface area contributed by atoms with E-state index in [1.54, 1.807) is 9.80 Å². The van der Waals surface area contributed by atoms with E-state index in [2.05, 4.69) is 4.98 Å². The van der Waals surface area contributed by atoms with Crippen LogP contribution in [-0.2, 0) is 15.8 Å². The van der Waals surface area contributed by atoms with Gasteiger partial charge in [-0.3, -0.25) is 9.59 Å². The fourth-order valence-corrected chi connectivity index (χ4v) is 4.19. The summed E-state index contributed by atoms with van der Waals surface area (Å²) in [6.07, 6.45) is -3.10. The van der Waals surface area contributed by atoms with Gasteiger partial charge in [-0.25, -0.2) is 4.98 Å². The van der Waals surface area contributed by atoms with Gasteiger partial charge in [0.2, 0.25) is 11.8 Å². The highest BCUT2D eigenvalue weighted by Crippen LogP contribution is 2.33. The van der Waals surface area contributed by atoms with E-state index >= 15 is 0 Å². The lowest BCUT2D eigenvalue weighted by atomic mass is 10.2. The predicted molar refractivity (Wildman–Crippen MR) is 96.7 cm³/mol. The van der Waals surface area contributed by atoms with Crippen LogP contribution in [0.15, 0.2) is 12.3 Å². The van der Waals surface area contributed by atoms with Crippen molar-refractivity contribution in [3.63, 3.8) is 0 Å². The minimum atomic E-state index is -4.50. The Labute approximate surface area is 163 Å². The van der Waals surface area contributed by atoms with Gasteiger partial charge in [0.25, 0.3) is 0 Å². The van der Waals surface area contributed by atoms with Gasteiger partial charge < -0.3 is 14.7 Å². The fourth-order valence-electron chi connectivity index (χ4n) is 3.00. The SMILES string of the molecule is O=C(CN1CSCC1=O)N1CCCN(c2ncc(C(F)(F)F)cc2Cl)CC1. The number of thioether (sulfide) groups is 1. The van der Waals surface area contributed by atoms with Gasteiger partial charge in [0.05, 0.1) is 22.2 Å². The summed E-state index contributed by atoms with van der Waals surface area (Å²) in [5, 5.41) is -0.0655. The van der Waals surface area contributed by atoms with E-state index in [-0.39, 0.29) is 29.2 Å². The van der Waals surface area contributed by atoms with E-state index in [9.17, 15) is 22.8 Å². The maximum absolute atomic E-state index is 12.8. The second-order valence-electron chi connectivity index (χ2n) is 6.32. The van der Waals surface area contributed by atoms with E-state index in [0.29, 0.717) is 44.2 Å². The number of hydrogen-bond acceptors (Lipinski definition) is 5. The van der Waals surface area contributed by atoms with Gasteiger partial charge in [0, 0.05) is 32.4 Å². The Morgan fingerprint density at radius 2 is 2.04 bits per heavy atom. The molecule has 1 aromatic heterocycles.